The second-order valence-electron chi connectivity index (χ2n) is 4.26. The molecule has 1 N–H and O–H groups in total. The Morgan fingerprint density at radius 1 is 1.33 bits per heavy atom. The third-order valence-corrected chi connectivity index (χ3v) is 4.09. The molecule has 2 aromatic rings. The standard InChI is InChI=1S/C14H18N2OS/c1-9-5-6-11(14(17-4)10(9)2)13(15-3)12-7-16-8-18-12/h5-8,13,15H,1-4H3. The number of hydrogen-bond acceptors (Lipinski definition) is 4. The van der Waals surface area contributed by atoms with Gasteiger partial charge in [0.05, 0.1) is 18.7 Å². The number of nitrogens with one attached hydrogen (secondary N) is 1. The van der Waals surface area contributed by atoms with Crippen molar-refractivity contribution in [1.82, 2.24) is 10.3 Å². The second kappa shape index (κ2) is 5.50. The molecule has 1 unspecified atom stereocenters. The van der Waals surface area contributed by atoms with E-state index in [1.54, 1.807) is 18.4 Å². The Kier molecular flexibility index (Phi) is 3.99. The summed E-state index contributed by atoms with van der Waals surface area (Å²) in [6.07, 6.45) is 1.90. The molecule has 0 radical (unpaired) electrons. The lowest BCUT2D eigenvalue weighted by Crippen LogP contribution is -2.18. The van der Waals surface area contributed by atoms with Crippen LogP contribution in [0.1, 0.15) is 27.6 Å². The fourth-order valence-corrected chi connectivity index (χ4v) is 2.87. The third-order valence-electron chi connectivity index (χ3n) is 3.25. The van der Waals surface area contributed by atoms with E-state index in [4.69, 9.17) is 4.74 Å². The molecule has 0 spiro atoms. The number of aromatic nitrogens is 1. The first kappa shape index (κ1) is 13.1. The Balaban J connectivity index is 2.52. The van der Waals surface area contributed by atoms with Gasteiger partial charge in [0.1, 0.15) is 5.75 Å². The molecule has 0 bridgehead atoms. The van der Waals surface area contributed by atoms with Crippen molar-refractivity contribution in [1.29, 1.82) is 0 Å². The van der Waals surface area contributed by atoms with E-state index in [1.165, 1.54) is 16.0 Å². The van der Waals surface area contributed by atoms with E-state index in [2.05, 4.69) is 36.3 Å². The Morgan fingerprint density at radius 2 is 2.11 bits per heavy atom. The molecule has 0 aliphatic rings. The van der Waals surface area contributed by atoms with Gasteiger partial charge in [0.2, 0.25) is 0 Å². The molecule has 1 aromatic heterocycles. The highest BCUT2D eigenvalue weighted by molar-refractivity contribution is 7.09. The van der Waals surface area contributed by atoms with Crippen LogP contribution in [0.4, 0.5) is 0 Å². The topological polar surface area (TPSA) is 34.2 Å². The van der Waals surface area contributed by atoms with E-state index in [-0.39, 0.29) is 6.04 Å². The summed E-state index contributed by atoms with van der Waals surface area (Å²) in [5.41, 5.74) is 5.45. The highest BCUT2D eigenvalue weighted by Gasteiger charge is 2.19. The first-order chi connectivity index (χ1) is 8.69. The summed E-state index contributed by atoms with van der Waals surface area (Å²) in [5, 5.41) is 3.33. The Bertz CT molecular complexity index is 523. The van der Waals surface area contributed by atoms with Crippen molar-refractivity contribution in [3.63, 3.8) is 0 Å². The van der Waals surface area contributed by atoms with Gasteiger partial charge in [0.25, 0.3) is 0 Å². The summed E-state index contributed by atoms with van der Waals surface area (Å²) in [6.45, 7) is 4.19. The maximum Gasteiger partial charge on any atom is 0.127 e. The van der Waals surface area contributed by atoms with Crippen LogP contribution in [-0.2, 0) is 0 Å². The molecule has 0 fully saturated rings. The molecule has 2 rings (SSSR count). The van der Waals surface area contributed by atoms with Gasteiger partial charge >= 0.3 is 0 Å². The van der Waals surface area contributed by atoms with Gasteiger partial charge in [-0.25, -0.2) is 0 Å². The van der Waals surface area contributed by atoms with E-state index in [1.807, 2.05) is 18.8 Å². The zero-order valence-corrected chi connectivity index (χ0v) is 12.0. The molecule has 1 atom stereocenters. The van der Waals surface area contributed by atoms with Crippen molar-refractivity contribution in [2.24, 2.45) is 0 Å². The van der Waals surface area contributed by atoms with Crippen molar-refractivity contribution in [3.05, 3.63) is 45.4 Å². The lowest BCUT2D eigenvalue weighted by atomic mass is 9.98. The summed E-state index contributed by atoms with van der Waals surface area (Å²) < 4.78 is 5.58. The van der Waals surface area contributed by atoms with E-state index in [0.717, 1.165) is 11.3 Å². The number of benzene rings is 1. The first-order valence-electron chi connectivity index (χ1n) is 5.88. The minimum Gasteiger partial charge on any atom is -0.496 e. The molecule has 0 aliphatic heterocycles. The van der Waals surface area contributed by atoms with E-state index in [9.17, 15) is 0 Å². The normalized spacial score (nSPS) is 12.4. The zero-order chi connectivity index (χ0) is 13.1. The van der Waals surface area contributed by atoms with Crippen LogP contribution in [0.15, 0.2) is 23.8 Å². The van der Waals surface area contributed by atoms with Crippen LogP contribution in [0.2, 0.25) is 0 Å². The van der Waals surface area contributed by atoms with Crippen molar-refractivity contribution >= 4 is 11.3 Å². The summed E-state index contributed by atoms with van der Waals surface area (Å²) in [6, 6.07) is 4.40. The summed E-state index contributed by atoms with van der Waals surface area (Å²) in [5.74, 6) is 0.961. The SMILES string of the molecule is CNC(c1cncs1)c1ccc(C)c(C)c1OC. The van der Waals surface area contributed by atoms with Crippen LogP contribution in [0.25, 0.3) is 0 Å². The van der Waals surface area contributed by atoms with Gasteiger partial charge in [-0.3, -0.25) is 4.98 Å². The zero-order valence-electron chi connectivity index (χ0n) is 11.2. The maximum atomic E-state index is 5.58. The van der Waals surface area contributed by atoms with Crippen LogP contribution in [-0.4, -0.2) is 19.1 Å². The second-order valence-corrected chi connectivity index (χ2v) is 5.17. The van der Waals surface area contributed by atoms with E-state index < -0.39 is 0 Å². The molecule has 0 amide bonds. The fraction of sp³-hybridized carbons (Fsp3) is 0.357. The summed E-state index contributed by atoms with van der Waals surface area (Å²) >= 11 is 1.65. The van der Waals surface area contributed by atoms with Gasteiger partial charge in [-0.1, -0.05) is 12.1 Å². The number of thiazole rings is 1. The van der Waals surface area contributed by atoms with Gasteiger partial charge in [-0.2, -0.15) is 0 Å². The lowest BCUT2D eigenvalue weighted by molar-refractivity contribution is 0.402. The number of nitrogens with zero attached hydrogens (tertiary/aromatic N) is 1. The number of rotatable bonds is 4. The van der Waals surface area contributed by atoms with Crippen LogP contribution in [0, 0.1) is 13.8 Å². The number of aryl methyl sites for hydroxylation is 1. The molecular formula is C14H18N2OS. The summed E-state index contributed by atoms with van der Waals surface area (Å²) in [4.78, 5) is 5.34. The minimum atomic E-state index is 0.131. The number of ether oxygens (including phenoxy) is 1. The molecule has 0 aliphatic carbocycles. The molecule has 1 aromatic carbocycles. The van der Waals surface area contributed by atoms with E-state index >= 15 is 0 Å². The fourth-order valence-electron chi connectivity index (χ4n) is 2.13. The molecule has 0 saturated heterocycles. The molecule has 1 heterocycles. The first-order valence-corrected chi connectivity index (χ1v) is 6.76. The van der Waals surface area contributed by atoms with Gasteiger partial charge in [-0.05, 0) is 32.0 Å². The van der Waals surface area contributed by atoms with Crippen molar-refractivity contribution in [2.75, 3.05) is 14.2 Å². The Hall–Kier alpha value is -1.39. The summed E-state index contributed by atoms with van der Waals surface area (Å²) in [7, 11) is 3.68. The molecule has 4 heteroatoms. The van der Waals surface area contributed by atoms with Crippen LogP contribution in [0.5, 0.6) is 5.75 Å². The Morgan fingerprint density at radius 3 is 2.67 bits per heavy atom. The third kappa shape index (κ3) is 2.26. The molecular weight excluding hydrogens is 244 g/mol. The molecule has 96 valence electrons. The predicted octanol–water partition coefficient (Wildman–Crippen LogP) is 3.08. The Labute approximate surface area is 112 Å². The number of hydrogen-bond donors (Lipinski definition) is 1. The van der Waals surface area contributed by atoms with Crippen LogP contribution < -0.4 is 10.1 Å². The average Bonchev–Trinajstić information content (AvgIpc) is 2.89. The van der Waals surface area contributed by atoms with Crippen molar-refractivity contribution in [2.45, 2.75) is 19.9 Å². The monoisotopic (exact) mass is 262 g/mol. The van der Waals surface area contributed by atoms with Crippen molar-refractivity contribution < 1.29 is 4.74 Å². The van der Waals surface area contributed by atoms with Crippen LogP contribution in [0.3, 0.4) is 0 Å². The average molecular weight is 262 g/mol. The smallest absolute Gasteiger partial charge is 0.127 e. The highest BCUT2D eigenvalue weighted by atomic mass is 32.1. The predicted molar refractivity (Wildman–Crippen MR) is 75.5 cm³/mol. The quantitative estimate of drug-likeness (QED) is 0.919. The molecule has 0 saturated carbocycles. The van der Waals surface area contributed by atoms with Crippen molar-refractivity contribution in [3.8, 4) is 5.75 Å². The largest absolute Gasteiger partial charge is 0.496 e. The molecule has 3 nitrogen and oxygen atoms in total. The van der Waals surface area contributed by atoms with Crippen LogP contribution >= 0.6 is 11.3 Å². The van der Waals surface area contributed by atoms with Gasteiger partial charge in [-0.15, -0.1) is 11.3 Å². The highest BCUT2D eigenvalue weighted by Crippen LogP contribution is 2.34. The lowest BCUT2D eigenvalue weighted by Gasteiger charge is -2.20. The van der Waals surface area contributed by atoms with Gasteiger partial charge < -0.3 is 10.1 Å². The molecule has 18 heavy (non-hydrogen) atoms. The number of methoxy groups -OCH3 is 1. The maximum absolute atomic E-state index is 5.58. The van der Waals surface area contributed by atoms with E-state index in [0.29, 0.717) is 0 Å². The van der Waals surface area contributed by atoms with Gasteiger partial charge in [0.15, 0.2) is 0 Å². The van der Waals surface area contributed by atoms with Gasteiger partial charge in [0, 0.05) is 16.6 Å². The minimum absolute atomic E-state index is 0.131.